The molecule has 0 aliphatic heterocycles. The number of hydrogen-bond acceptors (Lipinski definition) is 2. The number of carbonyl (C=O) groups excluding carboxylic acids is 1. The monoisotopic (exact) mass is 281 g/mol. The number of carbonyl (C=O) groups is 1. The lowest BCUT2D eigenvalue weighted by Crippen LogP contribution is -2.32. The van der Waals surface area contributed by atoms with E-state index in [1.54, 1.807) is 36.4 Å². The van der Waals surface area contributed by atoms with Gasteiger partial charge in [0.1, 0.15) is 0 Å². The molecule has 3 heteroatoms. The van der Waals surface area contributed by atoms with Gasteiger partial charge in [0.25, 0.3) is 5.91 Å². The van der Waals surface area contributed by atoms with Crippen molar-refractivity contribution in [3.63, 3.8) is 0 Å². The summed E-state index contributed by atoms with van der Waals surface area (Å²) in [5.74, 6) is -0.0750. The van der Waals surface area contributed by atoms with Gasteiger partial charge in [0.15, 0.2) is 6.23 Å². The Balaban J connectivity index is 2.26. The van der Waals surface area contributed by atoms with Crippen LogP contribution in [-0.4, -0.2) is 17.9 Å². The molecular formula is C18H19NO2. The Kier molecular flexibility index (Phi) is 5.16. The number of hydrogen-bond donors (Lipinski definition) is 0. The average molecular weight is 281 g/mol. The Labute approximate surface area is 125 Å². The first-order chi connectivity index (χ1) is 10.2. The minimum Gasteiger partial charge on any atom is -0.474 e. The quantitative estimate of drug-likeness (QED) is 0.612. The second kappa shape index (κ2) is 7.29. The Bertz CT molecular complexity index is 593. The Morgan fingerprint density at radius 2 is 1.62 bits per heavy atom. The van der Waals surface area contributed by atoms with Crippen LogP contribution in [0.1, 0.15) is 29.1 Å². The van der Waals surface area contributed by atoms with Gasteiger partial charge < -0.3 is 9.64 Å². The smallest absolute Gasteiger partial charge is 0.256 e. The van der Waals surface area contributed by atoms with E-state index in [9.17, 15) is 4.79 Å². The van der Waals surface area contributed by atoms with Crippen LogP contribution in [0.2, 0.25) is 0 Å². The van der Waals surface area contributed by atoms with Crippen molar-refractivity contribution in [1.29, 1.82) is 0 Å². The van der Waals surface area contributed by atoms with Crippen molar-refractivity contribution >= 4 is 5.91 Å². The summed E-state index contributed by atoms with van der Waals surface area (Å²) in [5, 5.41) is 0. The first-order valence-electron chi connectivity index (χ1n) is 6.88. The van der Waals surface area contributed by atoms with Crippen molar-refractivity contribution in [2.45, 2.75) is 13.2 Å². The molecule has 2 aromatic carbocycles. The van der Waals surface area contributed by atoms with Gasteiger partial charge in [0.05, 0.1) is 6.26 Å². The van der Waals surface area contributed by atoms with Crippen LogP contribution >= 0.6 is 0 Å². The molecule has 0 N–H and O–H groups in total. The Morgan fingerprint density at radius 3 is 2.19 bits per heavy atom. The maximum absolute atomic E-state index is 12.5. The summed E-state index contributed by atoms with van der Waals surface area (Å²) in [5.41, 5.74) is 1.58. The maximum atomic E-state index is 12.5. The second-order valence-corrected chi connectivity index (χ2v) is 4.65. The largest absolute Gasteiger partial charge is 0.474 e. The van der Waals surface area contributed by atoms with Gasteiger partial charge in [-0.05, 0) is 19.1 Å². The molecule has 0 aliphatic carbocycles. The predicted octanol–water partition coefficient (Wildman–Crippen LogP) is 4.01. The van der Waals surface area contributed by atoms with Crippen LogP contribution in [0.25, 0.3) is 0 Å². The Morgan fingerprint density at radius 1 is 1.05 bits per heavy atom. The summed E-state index contributed by atoms with van der Waals surface area (Å²) in [6.07, 6.45) is 2.96. The average Bonchev–Trinajstić information content (AvgIpc) is 2.56. The molecule has 0 saturated carbocycles. The number of allylic oxidation sites excluding steroid dienone is 1. The SMILES string of the molecule is C/C=C/OC(c1ccccc1)N(C)C(=O)c1ccccc1. The van der Waals surface area contributed by atoms with Gasteiger partial charge in [0, 0.05) is 18.2 Å². The van der Waals surface area contributed by atoms with Crippen LogP contribution in [0, 0.1) is 0 Å². The molecule has 2 aromatic rings. The summed E-state index contributed by atoms with van der Waals surface area (Å²) in [6.45, 7) is 1.88. The molecule has 2 rings (SSSR count). The van der Waals surface area contributed by atoms with Crippen molar-refractivity contribution in [2.24, 2.45) is 0 Å². The van der Waals surface area contributed by atoms with E-state index < -0.39 is 6.23 Å². The predicted molar refractivity (Wildman–Crippen MR) is 83.6 cm³/mol. The lowest BCUT2D eigenvalue weighted by Gasteiger charge is -2.27. The zero-order valence-electron chi connectivity index (χ0n) is 12.3. The van der Waals surface area contributed by atoms with Gasteiger partial charge in [-0.2, -0.15) is 0 Å². The molecule has 0 aromatic heterocycles. The molecular weight excluding hydrogens is 262 g/mol. The molecule has 1 unspecified atom stereocenters. The molecule has 0 fully saturated rings. The summed E-state index contributed by atoms with van der Waals surface area (Å²) < 4.78 is 5.71. The minimum atomic E-state index is -0.449. The third-order valence-corrected chi connectivity index (χ3v) is 3.12. The van der Waals surface area contributed by atoms with E-state index in [2.05, 4.69) is 0 Å². The molecule has 0 saturated heterocycles. The van der Waals surface area contributed by atoms with E-state index in [1.807, 2.05) is 55.5 Å². The fraction of sp³-hybridized carbons (Fsp3) is 0.167. The molecule has 0 aliphatic rings. The highest BCUT2D eigenvalue weighted by molar-refractivity contribution is 5.94. The number of ether oxygens (including phenoxy) is 1. The topological polar surface area (TPSA) is 29.5 Å². The van der Waals surface area contributed by atoms with Crippen LogP contribution in [0.15, 0.2) is 73.0 Å². The van der Waals surface area contributed by atoms with Crippen molar-refractivity contribution < 1.29 is 9.53 Å². The van der Waals surface area contributed by atoms with Crippen molar-refractivity contribution in [3.8, 4) is 0 Å². The molecule has 3 nitrogen and oxygen atoms in total. The van der Waals surface area contributed by atoms with Crippen molar-refractivity contribution in [2.75, 3.05) is 7.05 Å². The molecule has 0 spiro atoms. The Hall–Kier alpha value is -2.55. The van der Waals surface area contributed by atoms with Crippen LogP contribution < -0.4 is 0 Å². The maximum Gasteiger partial charge on any atom is 0.256 e. The summed E-state index contributed by atoms with van der Waals surface area (Å²) in [7, 11) is 1.75. The lowest BCUT2D eigenvalue weighted by molar-refractivity contribution is 0.00896. The second-order valence-electron chi connectivity index (χ2n) is 4.65. The summed E-state index contributed by atoms with van der Waals surface area (Å²) >= 11 is 0. The van der Waals surface area contributed by atoms with Crippen molar-refractivity contribution in [3.05, 3.63) is 84.1 Å². The van der Waals surface area contributed by atoms with Gasteiger partial charge in [0.2, 0.25) is 0 Å². The van der Waals surface area contributed by atoms with Gasteiger partial charge in [-0.3, -0.25) is 4.79 Å². The van der Waals surface area contributed by atoms with E-state index in [4.69, 9.17) is 4.74 Å². The highest BCUT2D eigenvalue weighted by Gasteiger charge is 2.23. The first-order valence-corrected chi connectivity index (χ1v) is 6.88. The van der Waals surface area contributed by atoms with Crippen LogP contribution in [0.3, 0.4) is 0 Å². The molecule has 1 atom stereocenters. The van der Waals surface area contributed by atoms with Gasteiger partial charge in [-0.15, -0.1) is 0 Å². The summed E-state index contributed by atoms with van der Waals surface area (Å²) in [6, 6.07) is 18.9. The summed E-state index contributed by atoms with van der Waals surface area (Å²) in [4.78, 5) is 14.1. The minimum absolute atomic E-state index is 0.0750. The van der Waals surface area contributed by atoms with Crippen LogP contribution in [0.5, 0.6) is 0 Å². The fourth-order valence-electron chi connectivity index (χ4n) is 2.05. The van der Waals surface area contributed by atoms with E-state index in [0.717, 1.165) is 5.56 Å². The zero-order chi connectivity index (χ0) is 15.1. The molecule has 108 valence electrons. The molecule has 0 radical (unpaired) electrons. The normalized spacial score (nSPS) is 12.1. The zero-order valence-corrected chi connectivity index (χ0v) is 12.3. The van der Waals surface area contributed by atoms with Crippen LogP contribution in [0.4, 0.5) is 0 Å². The highest BCUT2D eigenvalue weighted by Crippen LogP contribution is 2.23. The van der Waals surface area contributed by atoms with E-state index in [1.165, 1.54) is 0 Å². The number of amides is 1. The number of rotatable bonds is 5. The van der Waals surface area contributed by atoms with E-state index in [0.29, 0.717) is 5.56 Å². The van der Waals surface area contributed by atoms with E-state index >= 15 is 0 Å². The number of benzene rings is 2. The van der Waals surface area contributed by atoms with Crippen LogP contribution in [-0.2, 0) is 4.74 Å². The number of nitrogens with zero attached hydrogens (tertiary/aromatic N) is 1. The molecule has 1 amide bonds. The molecule has 21 heavy (non-hydrogen) atoms. The first kappa shape index (κ1) is 14.9. The molecule has 0 heterocycles. The van der Waals surface area contributed by atoms with E-state index in [-0.39, 0.29) is 5.91 Å². The lowest BCUT2D eigenvalue weighted by atomic mass is 10.1. The third-order valence-electron chi connectivity index (χ3n) is 3.12. The molecule has 0 bridgehead atoms. The van der Waals surface area contributed by atoms with Crippen molar-refractivity contribution in [1.82, 2.24) is 4.90 Å². The van der Waals surface area contributed by atoms with Gasteiger partial charge in [-0.25, -0.2) is 0 Å². The van der Waals surface area contributed by atoms with Gasteiger partial charge >= 0.3 is 0 Å². The fourth-order valence-corrected chi connectivity index (χ4v) is 2.05. The highest BCUT2D eigenvalue weighted by atomic mass is 16.5. The van der Waals surface area contributed by atoms with Gasteiger partial charge in [-0.1, -0.05) is 54.6 Å². The third kappa shape index (κ3) is 3.72. The standard InChI is InChI=1S/C18H19NO2/c1-3-14-21-18(16-12-8-5-9-13-16)19(2)17(20)15-10-6-4-7-11-15/h3-14,18H,1-2H3/b14-3+.